The molecule has 3 aromatic rings. The zero-order valence-electron chi connectivity index (χ0n) is 18.0. The second-order valence-electron chi connectivity index (χ2n) is 7.46. The maximum absolute atomic E-state index is 13.0. The molecular weight excluding hydrogens is 577 g/mol. The van der Waals surface area contributed by atoms with Crippen molar-refractivity contribution in [3.63, 3.8) is 0 Å². The number of anilines is 1. The molecule has 0 aromatic heterocycles. The van der Waals surface area contributed by atoms with Gasteiger partial charge in [-0.25, -0.2) is 9.69 Å². The Labute approximate surface area is 222 Å². The second-order valence-corrected chi connectivity index (χ2v) is 9.16. The van der Waals surface area contributed by atoms with Gasteiger partial charge in [-0.1, -0.05) is 35.3 Å². The lowest BCUT2D eigenvalue weighted by Crippen LogP contribution is -2.54. The van der Waals surface area contributed by atoms with Crippen molar-refractivity contribution in [1.29, 1.82) is 0 Å². The molecule has 1 aliphatic rings. The van der Waals surface area contributed by atoms with Gasteiger partial charge in [-0.3, -0.25) is 25.0 Å². The molecule has 0 bridgehead atoms. The molecule has 1 N–H and O–H groups in total. The summed E-state index contributed by atoms with van der Waals surface area (Å²) < 4.78 is 6.16. The van der Waals surface area contributed by atoms with E-state index in [9.17, 15) is 24.5 Å². The first-order valence-corrected chi connectivity index (χ1v) is 11.7. The third-order valence-corrected chi connectivity index (χ3v) is 6.14. The van der Waals surface area contributed by atoms with Crippen molar-refractivity contribution < 1.29 is 24.0 Å². The fourth-order valence-corrected chi connectivity index (χ4v) is 4.48. The number of halogens is 3. The molecule has 9 nitrogen and oxygen atoms in total. The number of barbiturate groups is 1. The van der Waals surface area contributed by atoms with Crippen LogP contribution in [0.4, 0.5) is 16.2 Å². The normalized spacial score (nSPS) is 14.7. The number of ether oxygens (including phenoxy) is 1. The molecule has 4 rings (SSSR count). The molecule has 3 aromatic carbocycles. The summed E-state index contributed by atoms with van der Waals surface area (Å²) in [5, 5.41) is 13.7. The summed E-state index contributed by atoms with van der Waals surface area (Å²) in [6.45, 7) is 0.0134. The average molecular weight is 591 g/mol. The monoisotopic (exact) mass is 589 g/mol. The molecule has 1 fully saturated rings. The molecular formula is C24H14BrCl2N3O6. The SMILES string of the molecule is O=C1NC(=O)N(c2ccc(Cl)cc2)C(=O)/C1=C/c1cc(Cl)c(OCc2cccc([N+](=O)[O-])c2)c(Br)c1. The summed E-state index contributed by atoms with van der Waals surface area (Å²) >= 11 is 15.6. The third-order valence-electron chi connectivity index (χ3n) is 5.02. The minimum atomic E-state index is -0.881. The van der Waals surface area contributed by atoms with E-state index in [0.717, 1.165) is 4.90 Å². The lowest BCUT2D eigenvalue weighted by atomic mass is 10.1. The highest BCUT2D eigenvalue weighted by atomic mass is 79.9. The van der Waals surface area contributed by atoms with Gasteiger partial charge >= 0.3 is 6.03 Å². The molecule has 0 unspecified atom stereocenters. The Morgan fingerprint density at radius 2 is 1.78 bits per heavy atom. The van der Waals surface area contributed by atoms with Crippen molar-refractivity contribution in [3.05, 3.63) is 102 Å². The Hall–Kier alpha value is -3.73. The molecule has 12 heteroatoms. The zero-order chi connectivity index (χ0) is 26.0. The highest BCUT2D eigenvalue weighted by Gasteiger charge is 2.36. The molecule has 0 atom stereocenters. The van der Waals surface area contributed by atoms with Gasteiger partial charge in [0.05, 0.1) is 20.1 Å². The van der Waals surface area contributed by atoms with Gasteiger partial charge in [-0.2, -0.15) is 0 Å². The van der Waals surface area contributed by atoms with Gasteiger partial charge < -0.3 is 4.74 Å². The van der Waals surface area contributed by atoms with E-state index in [1.165, 1.54) is 48.5 Å². The van der Waals surface area contributed by atoms with Gasteiger partial charge in [-0.05, 0) is 69.5 Å². The van der Waals surface area contributed by atoms with Gasteiger partial charge in [0, 0.05) is 17.2 Å². The smallest absolute Gasteiger partial charge is 0.335 e. The van der Waals surface area contributed by atoms with Crippen LogP contribution in [0.2, 0.25) is 10.0 Å². The Morgan fingerprint density at radius 1 is 1.06 bits per heavy atom. The van der Waals surface area contributed by atoms with Crippen molar-refractivity contribution in [2.24, 2.45) is 0 Å². The summed E-state index contributed by atoms with van der Waals surface area (Å²) in [5.74, 6) is -1.40. The van der Waals surface area contributed by atoms with Crippen molar-refractivity contribution in [3.8, 4) is 5.75 Å². The predicted molar refractivity (Wildman–Crippen MR) is 137 cm³/mol. The number of carbonyl (C=O) groups is 3. The number of amides is 4. The van der Waals surface area contributed by atoms with Gasteiger partial charge in [0.1, 0.15) is 12.2 Å². The number of hydrogen-bond donors (Lipinski definition) is 1. The Balaban J connectivity index is 1.59. The van der Waals surface area contributed by atoms with Crippen molar-refractivity contribution >= 4 is 74.4 Å². The van der Waals surface area contributed by atoms with Gasteiger partial charge in [0.2, 0.25) is 0 Å². The van der Waals surface area contributed by atoms with Crippen LogP contribution in [0, 0.1) is 10.1 Å². The van der Waals surface area contributed by atoms with Crippen LogP contribution >= 0.6 is 39.1 Å². The Kier molecular flexibility index (Phi) is 7.39. The van der Waals surface area contributed by atoms with E-state index < -0.39 is 22.8 Å². The van der Waals surface area contributed by atoms with Crippen LogP contribution < -0.4 is 15.0 Å². The molecule has 0 spiro atoms. The van der Waals surface area contributed by atoms with Gasteiger partial charge in [0.25, 0.3) is 17.5 Å². The fourth-order valence-electron chi connectivity index (χ4n) is 3.36. The topological polar surface area (TPSA) is 119 Å². The minimum absolute atomic E-state index is 0.0134. The van der Waals surface area contributed by atoms with E-state index in [-0.39, 0.29) is 34.3 Å². The molecule has 36 heavy (non-hydrogen) atoms. The van der Waals surface area contributed by atoms with E-state index in [2.05, 4.69) is 21.2 Å². The number of non-ortho nitro benzene ring substituents is 1. The lowest BCUT2D eigenvalue weighted by Gasteiger charge is -2.26. The van der Waals surface area contributed by atoms with Gasteiger partial charge in [0.15, 0.2) is 5.75 Å². The molecule has 1 heterocycles. The van der Waals surface area contributed by atoms with Crippen LogP contribution in [0.15, 0.2) is 70.7 Å². The Bertz CT molecular complexity index is 1420. The molecule has 0 saturated carbocycles. The van der Waals surface area contributed by atoms with Crippen LogP contribution in [0.3, 0.4) is 0 Å². The van der Waals surface area contributed by atoms with E-state index in [4.69, 9.17) is 27.9 Å². The van der Waals surface area contributed by atoms with E-state index >= 15 is 0 Å². The number of hydrogen-bond acceptors (Lipinski definition) is 6. The first kappa shape index (κ1) is 25.4. The summed E-state index contributed by atoms with van der Waals surface area (Å²) in [5.41, 5.74) is 0.847. The number of nitrogens with one attached hydrogen (secondary N) is 1. The highest BCUT2D eigenvalue weighted by Crippen LogP contribution is 2.36. The maximum atomic E-state index is 13.0. The quantitative estimate of drug-likeness (QED) is 0.165. The first-order chi connectivity index (χ1) is 17.1. The number of benzene rings is 3. The third kappa shape index (κ3) is 5.40. The molecule has 4 amide bonds. The van der Waals surface area contributed by atoms with E-state index in [1.807, 2.05) is 0 Å². The van der Waals surface area contributed by atoms with Crippen LogP contribution in [0.5, 0.6) is 5.75 Å². The average Bonchev–Trinajstić information content (AvgIpc) is 2.82. The summed E-state index contributed by atoms with van der Waals surface area (Å²) in [6.07, 6.45) is 1.30. The largest absolute Gasteiger partial charge is 0.486 e. The van der Waals surface area contributed by atoms with Gasteiger partial charge in [-0.15, -0.1) is 0 Å². The van der Waals surface area contributed by atoms with E-state index in [1.54, 1.807) is 18.2 Å². The van der Waals surface area contributed by atoms with Crippen molar-refractivity contribution in [1.82, 2.24) is 5.32 Å². The predicted octanol–water partition coefficient (Wildman–Crippen LogP) is 5.91. The highest BCUT2D eigenvalue weighted by molar-refractivity contribution is 9.10. The zero-order valence-corrected chi connectivity index (χ0v) is 21.1. The molecule has 0 aliphatic carbocycles. The first-order valence-electron chi connectivity index (χ1n) is 10.2. The number of imide groups is 2. The molecule has 1 saturated heterocycles. The number of carbonyl (C=O) groups excluding carboxylic acids is 3. The second kappa shape index (κ2) is 10.5. The fraction of sp³-hybridized carbons (Fsp3) is 0.0417. The van der Waals surface area contributed by atoms with Crippen LogP contribution in [-0.4, -0.2) is 22.8 Å². The van der Waals surface area contributed by atoms with Crippen molar-refractivity contribution in [2.75, 3.05) is 4.90 Å². The number of urea groups is 1. The standard InChI is InChI=1S/C24H14BrCl2N3O6/c25-19-10-14(11-20(27)21(19)36-12-13-2-1-3-17(8-13)30(34)35)9-18-22(31)28-24(33)29(23(18)32)16-6-4-15(26)5-7-16/h1-11H,12H2,(H,28,31,33)/b18-9+. The summed E-state index contributed by atoms with van der Waals surface area (Å²) in [6, 6.07) is 14.1. The van der Waals surface area contributed by atoms with E-state index in [0.29, 0.717) is 20.6 Å². The lowest BCUT2D eigenvalue weighted by molar-refractivity contribution is -0.384. The Morgan fingerprint density at radius 3 is 2.44 bits per heavy atom. The summed E-state index contributed by atoms with van der Waals surface area (Å²) in [7, 11) is 0. The molecule has 0 radical (unpaired) electrons. The maximum Gasteiger partial charge on any atom is 0.335 e. The number of nitro benzene ring substituents is 1. The van der Waals surface area contributed by atoms with Crippen LogP contribution in [0.1, 0.15) is 11.1 Å². The van der Waals surface area contributed by atoms with Crippen LogP contribution in [0.25, 0.3) is 6.08 Å². The molecule has 1 aliphatic heterocycles. The number of nitro groups is 1. The molecule has 182 valence electrons. The van der Waals surface area contributed by atoms with Crippen LogP contribution in [-0.2, 0) is 16.2 Å². The van der Waals surface area contributed by atoms with Crippen molar-refractivity contribution in [2.45, 2.75) is 6.61 Å². The minimum Gasteiger partial charge on any atom is -0.486 e. The number of rotatable bonds is 6. The summed E-state index contributed by atoms with van der Waals surface area (Å²) in [4.78, 5) is 49.1. The number of nitrogens with zero attached hydrogens (tertiary/aromatic N) is 2.